The highest BCUT2D eigenvalue weighted by atomic mass is 16.7. The minimum absolute atomic E-state index is 0.251. The minimum Gasteiger partial charge on any atom is -0.348 e. The maximum atomic E-state index is 5.80. The summed E-state index contributed by atoms with van der Waals surface area (Å²) in [5.41, 5.74) is 3.10. The van der Waals surface area contributed by atoms with Gasteiger partial charge in [0.05, 0.1) is 18.7 Å². The fourth-order valence-electron chi connectivity index (χ4n) is 2.35. The predicted octanol–water partition coefficient (Wildman–Crippen LogP) is 3.37. The predicted molar refractivity (Wildman–Crippen MR) is 70.4 cm³/mol. The van der Waals surface area contributed by atoms with Crippen LogP contribution in [-0.4, -0.2) is 18.2 Å². The van der Waals surface area contributed by atoms with Gasteiger partial charge < -0.3 is 9.47 Å². The molecule has 1 aliphatic rings. The number of fused-ring (bicyclic) bond motifs is 1. The maximum Gasteiger partial charge on any atom is 0.184 e. The lowest BCUT2D eigenvalue weighted by molar-refractivity contribution is -0.129. The van der Waals surface area contributed by atoms with E-state index in [9.17, 15) is 0 Å². The monoisotopic (exact) mass is 243 g/mol. The second-order valence-electron chi connectivity index (χ2n) is 4.65. The zero-order valence-electron chi connectivity index (χ0n) is 10.6. The van der Waals surface area contributed by atoms with E-state index in [1.165, 1.54) is 0 Å². The number of para-hydroxylation sites is 1. The van der Waals surface area contributed by atoms with Crippen LogP contribution in [0.5, 0.6) is 0 Å². The van der Waals surface area contributed by atoms with Gasteiger partial charge in [0, 0.05) is 16.6 Å². The topological polar surface area (TPSA) is 31.4 Å². The van der Waals surface area contributed by atoms with Gasteiger partial charge in [0.15, 0.2) is 6.29 Å². The zero-order chi connectivity index (χ0) is 12.4. The van der Waals surface area contributed by atoms with E-state index in [2.05, 4.69) is 17.1 Å². The Kier molecular flexibility index (Phi) is 3.26. The van der Waals surface area contributed by atoms with Crippen LogP contribution in [-0.2, 0) is 9.47 Å². The van der Waals surface area contributed by atoms with Crippen LogP contribution in [0.2, 0.25) is 0 Å². The summed E-state index contributed by atoms with van der Waals surface area (Å²) < 4.78 is 11.6. The highest BCUT2D eigenvalue weighted by molar-refractivity contribution is 5.82. The lowest BCUT2D eigenvalue weighted by Crippen LogP contribution is -2.08. The van der Waals surface area contributed by atoms with E-state index in [-0.39, 0.29) is 6.29 Å². The number of ether oxygens (including phenoxy) is 2. The standard InChI is InChI=1S/C15H17NO2/c1-11-10-13(15-17-8-4-5-9-18-15)12-6-2-3-7-14(12)16-11/h2-3,6-7,10,15H,4-5,8-9H2,1H3. The van der Waals surface area contributed by atoms with E-state index < -0.39 is 0 Å². The SMILES string of the molecule is Cc1cc(C2OCCCCO2)c2ccccc2n1. The molecule has 1 aromatic heterocycles. The molecule has 0 N–H and O–H groups in total. The highest BCUT2D eigenvalue weighted by Crippen LogP contribution is 2.29. The highest BCUT2D eigenvalue weighted by Gasteiger charge is 2.18. The molecule has 18 heavy (non-hydrogen) atoms. The molecule has 0 atom stereocenters. The van der Waals surface area contributed by atoms with E-state index in [1.807, 2.05) is 25.1 Å². The first-order valence-electron chi connectivity index (χ1n) is 6.44. The smallest absolute Gasteiger partial charge is 0.184 e. The van der Waals surface area contributed by atoms with E-state index in [4.69, 9.17) is 9.47 Å². The van der Waals surface area contributed by atoms with Crippen molar-refractivity contribution in [3.63, 3.8) is 0 Å². The molecule has 1 fully saturated rings. The lowest BCUT2D eigenvalue weighted by Gasteiger charge is -2.18. The summed E-state index contributed by atoms with van der Waals surface area (Å²) >= 11 is 0. The van der Waals surface area contributed by atoms with Gasteiger partial charge in [-0.25, -0.2) is 0 Å². The minimum atomic E-state index is -0.251. The van der Waals surface area contributed by atoms with Crippen molar-refractivity contribution in [3.05, 3.63) is 41.6 Å². The third-order valence-corrected chi connectivity index (χ3v) is 3.21. The molecule has 2 heterocycles. The molecular weight excluding hydrogens is 226 g/mol. The summed E-state index contributed by atoms with van der Waals surface area (Å²) in [4.78, 5) is 4.54. The Morgan fingerprint density at radius 3 is 2.61 bits per heavy atom. The zero-order valence-corrected chi connectivity index (χ0v) is 10.6. The van der Waals surface area contributed by atoms with Crippen molar-refractivity contribution in [2.75, 3.05) is 13.2 Å². The van der Waals surface area contributed by atoms with Crippen molar-refractivity contribution >= 4 is 10.9 Å². The number of nitrogens with zero attached hydrogens (tertiary/aromatic N) is 1. The van der Waals surface area contributed by atoms with Gasteiger partial charge in [-0.3, -0.25) is 4.98 Å². The molecule has 1 aliphatic heterocycles. The summed E-state index contributed by atoms with van der Waals surface area (Å²) in [6.07, 6.45) is 1.89. The first-order chi connectivity index (χ1) is 8.84. The number of benzene rings is 1. The molecule has 3 rings (SSSR count). The Labute approximate surface area is 107 Å². The van der Waals surface area contributed by atoms with Gasteiger partial charge >= 0.3 is 0 Å². The molecule has 0 aliphatic carbocycles. The van der Waals surface area contributed by atoms with Gasteiger partial charge in [0.2, 0.25) is 0 Å². The van der Waals surface area contributed by atoms with Gasteiger partial charge in [-0.2, -0.15) is 0 Å². The van der Waals surface area contributed by atoms with Crippen molar-refractivity contribution in [1.29, 1.82) is 0 Å². The first kappa shape index (κ1) is 11.6. The van der Waals surface area contributed by atoms with Crippen molar-refractivity contribution in [2.45, 2.75) is 26.1 Å². The van der Waals surface area contributed by atoms with Gasteiger partial charge in [-0.05, 0) is 31.9 Å². The average Bonchev–Trinajstić information content (AvgIpc) is 2.66. The Morgan fingerprint density at radius 1 is 1.11 bits per heavy atom. The van der Waals surface area contributed by atoms with Crippen LogP contribution in [0.3, 0.4) is 0 Å². The summed E-state index contributed by atoms with van der Waals surface area (Å²) in [7, 11) is 0. The first-order valence-corrected chi connectivity index (χ1v) is 6.44. The van der Waals surface area contributed by atoms with Crippen LogP contribution in [0.1, 0.15) is 30.4 Å². The van der Waals surface area contributed by atoms with Gasteiger partial charge in [0.25, 0.3) is 0 Å². The number of hydrogen-bond donors (Lipinski definition) is 0. The van der Waals surface area contributed by atoms with Gasteiger partial charge in [-0.1, -0.05) is 18.2 Å². The van der Waals surface area contributed by atoms with Crippen LogP contribution in [0.15, 0.2) is 30.3 Å². The van der Waals surface area contributed by atoms with Gasteiger partial charge in [-0.15, -0.1) is 0 Å². The molecule has 2 aromatic rings. The number of rotatable bonds is 1. The largest absolute Gasteiger partial charge is 0.348 e. The molecule has 3 nitrogen and oxygen atoms in total. The average molecular weight is 243 g/mol. The fourth-order valence-corrected chi connectivity index (χ4v) is 2.35. The van der Waals surface area contributed by atoms with Crippen molar-refractivity contribution in [2.24, 2.45) is 0 Å². The second kappa shape index (κ2) is 5.04. The molecule has 0 spiro atoms. The molecular formula is C15H17NO2. The molecule has 0 saturated carbocycles. The van der Waals surface area contributed by atoms with Crippen LogP contribution < -0.4 is 0 Å². The fraction of sp³-hybridized carbons (Fsp3) is 0.400. The molecule has 1 aromatic carbocycles. The third kappa shape index (κ3) is 2.24. The summed E-state index contributed by atoms with van der Waals surface area (Å²) in [6, 6.07) is 10.2. The van der Waals surface area contributed by atoms with E-state index in [0.717, 1.165) is 48.2 Å². The Balaban J connectivity index is 2.08. The Hall–Kier alpha value is -1.45. The third-order valence-electron chi connectivity index (χ3n) is 3.21. The van der Waals surface area contributed by atoms with Crippen LogP contribution in [0.4, 0.5) is 0 Å². The lowest BCUT2D eigenvalue weighted by atomic mass is 10.1. The normalized spacial score (nSPS) is 17.8. The van der Waals surface area contributed by atoms with E-state index in [1.54, 1.807) is 0 Å². The molecule has 0 amide bonds. The van der Waals surface area contributed by atoms with Crippen LogP contribution >= 0.6 is 0 Å². The number of hydrogen-bond acceptors (Lipinski definition) is 3. The molecule has 1 saturated heterocycles. The summed E-state index contributed by atoms with van der Waals surface area (Å²) in [5.74, 6) is 0. The molecule has 0 unspecified atom stereocenters. The van der Waals surface area contributed by atoms with Crippen LogP contribution in [0.25, 0.3) is 10.9 Å². The summed E-state index contributed by atoms with van der Waals surface area (Å²) in [5, 5.41) is 1.12. The maximum absolute atomic E-state index is 5.80. The van der Waals surface area contributed by atoms with Gasteiger partial charge in [0.1, 0.15) is 0 Å². The van der Waals surface area contributed by atoms with Crippen molar-refractivity contribution < 1.29 is 9.47 Å². The number of pyridine rings is 1. The van der Waals surface area contributed by atoms with Crippen molar-refractivity contribution in [3.8, 4) is 0 Å². The quantitative estimate of drug-likeness (QED) is 0.769. The van der Waals surface area contributed by atoms with Crippen LogP contribution in [0, 0.1) is 6.92 Å². The molecule has 3 heteroatoms. The van der Waals surface area contributed by atoms with Crippen molar-refractivity contribution in [1.82, 2.24) is 4.98 Å². The van der Waals surface area contributed by atoms with E-state index >= 15 is 0 Å². The number of aromatic nitrogens is 1. The molecule has 0 bridgehead atoms. The molecule has 94 valence electrons. The Bertz CT molecular complexity index is 545. The molecule has 0 radical (unpaired) electrons. The Morgan fingerprint density at radius 2 is 1.83 bits per heavy atom. The summed E-state index contributed by atoms with van der Waals surface area (Å²) in [6.45, 7) is 3.54. The van der Waals surface area contributed by atoms with E-state index in [0.29, 0.717) is 0 Å². The second-order valence-corrected chi connectivity index (χ2v) is 4.65. The number of aryl methyl sites for hydroxylation is 1.